The number of nitriles is 1. The van der Waals surface area contributed by atoms with E-state index in [0.717, 1.165) is 6.07 Å². The van der Waals surface area contributed by atoms with Crippen LogP contribution in [-0.4, -0.2) is 18.2 Å². The van der Waals surface area contributed by atoms with E-state index in [1.807, 2.05) is 0 Å². The van der Waals surface area contributed by atoms with E-state index in [1.54, 1.807) is 6.07 Å². The summed E-state index contributed by atoms with van der Waals surface area (Å²) in [6, 6.07) is 7.02. The van der Waals surface area contributed by atoms with Crippen LogP contribution in [0.3, 0.4) is 0 Å². The summed E-state index contributed by atoms with van der Waals surface area (Å²) in [4.78, 5) is 11.2. The largest absolute Gasteiger partial charge is 0.464 e. The van der Waals surface area contributed by atoms with Crippen LogP contribution in [0.15, 0.2) is 28.8 Å². The van der Waals surface area contributed by atoms with E-state index in [9.17, 15) is 9.18 Å². The minimum atomic E-state index is -0.661. The standard InChI is InChI=1S/C12H7FN2O3/c1-17-12(16)10-5-11(18-15-10)7-2-3-8(6-14)9(13)4-7/h2-5H,1H3. The van der Waals surface area contributed by atoms with E-state index in [-0.39, 0.29) is 17.0 Å². The van der Waals surface area contributed by atoms with Gasteiger partial charge in [0.1, 0.15) is 11.9 Å². The van der Waals surface area contributed by atoms with Gasteiger partial charge in [-0.15, -0.1) is 0 Å². The summed E-state index contributed by atoms with van der Waals surface area (Å²) in [5, 5.41) is 12.1. The lowest BCUT2D eigenvalue weighted by atomic mass is 10.1. The minimum absolute atomic E-state index is 0.00253. The minimum Gasteiger partial charge on any atom is -0.464 e. The second-order valence-electron chi connectivity index (χ2n) is 3.37. The van der Waals surface area contributed by atoms with Gasteiger partial charge >= 0.3 is 5.97 Å². The normalized spacial score (nSPS) is 9.83. The number of benzene rings is 1. The van der Waals surface area contributed by atoms with Gasteiger partial charge < -0.3 is 9.26 Å². The van der Waals surface area contributed by atoms with Crippen molar-refractivity contribution in [3.05, 3.63) is 41.3 Å². The van der Waals surface area contributed by atoms with E-state index in [1.165, 1.54) is 25.3 Å². The number of ether oxygens (including phenoxy) is 1. The smallest absolute Gasteiger partial charge is 0.360 e. The second kappa shape index (κ2) is 4.67. The molecule has 6 heteroatoms. The number of methoxy groups -OCH3 is 1. The third-order valence-corrected chi connectivity index (χ3v) is 2.28. The monoisotopic (exact) mass is 246 g/mol. The quantitative estimate of drug-likeness (QED) is 0.758. The Kier molecular flexibility index (Phi) is 3.06. The number of carbonyl (C=O) groups is 1. The molecule has 18 heavy (non-hydrogen) atoms. The molecule has 0 unspecified atom stereocenters. The molecular weight excluding hydrogens is 239 g/mol. The molecule has 0 radical (unpaired) electrons. The maximum absolute atomic E-state index is 13.4. The fourth-order valence-corrected chi connectivity index (χ4v) is 1.37. The average Bonchev–Trinajstić information content (AvgIpc) is 2.87. The number of rotatable bonds is 2. The highest BCUT2D eigenvalue weighted by atomic mass is 19.1. The zero-order valence-corrected chi connectivity index (χ0v) is 9.31. The number of esters is 1. The van der Waals surface area contributed by atoms with Crippen LogP contribution in [0.2, 0.25) is 0 Å². The van der Waals surface area contributed by atoms with Crippen molar-refractivity contribution in [2.24, 2.45) is 0 Å². The molecule has 0 spiro atoms. The number of hydrogen-bond donors (Lipinski definition) is 0. The van der Waals surface area contributed by atoms with Crippen LogP contribution in [0, 0.1) is 17.1 Å². The van der Waals surface area contributed by atoms with E-state index in [4.69, 9.17) is 9.78 Å². The second-order valence-corrected chi connectivity index (χ2v) is 3.37. The first-order chi connectivity index (χ1) is 8.65. The molecule has 0 saturated carbocycles. The Hall–Kier alpha value is -2.68. The van der Waals surface area contributed by atoms with Crippen LogP contribution in [0.4, 0.5) is 4.39 Å². The zero-order valence-electron chi connectivity index (χ0n) is 9.31. The number of halogens is 1. The maximum atomic E-state index is 13.4. The molecule has 2 rings (SSSR count). The van der Waals surface area contributed by atoms with Crippen LogP contribution in [0.25, 0.3) is 11.3 Å². The van der Waals surface area contributed by atoms with Gasteiger partial charge in [-0.25, -0.2) is 9.18 Å². The van der Waals surface area contributed by atoms with Gasteiger partial charge in [0.15, 0.2) is 11.5 Å². The molecule has 0 aliphatic carbocycles. The topological polar surface area (TPSA) is 76.1 Å². The van der Waals surface area contributed by atoms with Crippen LogP contribution >= 0.6 is 0 Å². The predicted octanol–water partition coefficient (Wildman–Crippen LogP) is 2.14. The molecule has 2 aromatic rings. The molecule has 0 saturated heterocycles. The molecule has 0 amide bonds. The number of hydrogen-bond acceptors (Lipinski definition) is 5. The van der Waals surface area contributed by atoms with Gasteiger partial charge in [-0.1, -0.05) is 5.16 Å². The molecule has 0 bridgehead atoms. The van der Waals surface area contributed by atoms with E-state index in [2.05, 4.69) is 9.89 Å². The fraction of sp³-hybridized carbons (Fsp3) is 0.0833. The maximum Gasteiger partial charge on any atom is 0.360 e. The van der Waals surface area contributed by atoms with Gasteiger partial charge in [-0.3, -0.25) is 0 Å². The Balaban J connectivity index is 2.38. The Bertz CT molecular complexity index is 643. The zero-order chi connectivity index (χ0) is 13.1. The Morgan fingerprint density at radius 1 is 1.50 bits per heavy atom. The van der Waals surface area contributed by atoms with Crippen LogP contribution in [0.1, 0.15) is 16.1 Å². The lowest BCUT2D eigenvalue weighted by molar-refractivity contribution is 0.0589. The fourth-order valence-electron chi connectivity index (χ4n) is 1.37. The van der Waals surface area contributed by atoms with Gasteiger partial charge in [-0.05, 0) is 18.2 Å². The molecule has 0 aliphatic heterocycles. The highest BCUT2D eigenvalue weighted by molar-refractivity contribution is 5.88. The number of aromatic nitrogens is 1. The number of carbonyl (C=O) groups excluding carboxylic acids is 1. The molecule has 1 heterocycles. The van der Waals surface area contributed by atoms with Crippen LogP contribution in [0.5, 0.6) is 0 Å². The molecule has 1 aromatic carbocycles. The van der Waals surface area contributed by atoms with Gasteiger partial charge in [0.05, 0.1) is 12.7 Å². The van der Waals surface area contributed by atoms with Gasteiger partial charge in [0.2, 0.25) is 0 Å². The van der Waals surface area contributed by atoms with Crippen molar-refractivity contribution in [1.82, 2.24) is 5.16 Å². The van der Waals surface area contributed by atoms with Gasteiger partial charge in [0, 0.05) is 11.6 Å². The predicted molar refractivity (Wildman–Crippen MR) is 58.0 cm³/mol. The molecule has 0 N–H and O–H groups in total. The summed E-state index contributed by atoms with van der Waals surface area (Å²) in [5.41, 5.74) is 0.317. The van der Waals surface area contributed by atoms with E-state index < -0.39 is 11.8 Å². The van der Waals surface area contributed by atoms with Crippen molar-refractivity contribution in [1.29, 1.82) is 5.26 Å². The van der Waals surface area contributed by atoms with Crippen molar-refractivity contribution in [2.75, 3.05) is 7.11 Å². The average molecular weight is 246 g/mol. The van der Waals surface area contributed by atoms with Gasteiger partial charge in [-0.2, -0.15) is 5.26 Å². The molecular formula is C12H7FN2O3. The first kappa shape index (κ1) is 11.8. The van der Waals surface area contributed by atoms with E-state index in [0.29, 0.717) is 5.56 Å². The summed E-state index contributed by atoms with van der Waals surface area (Å²) in [7, 11) is 1.22. The highest BCUT2D eigenvalue weighted by Gasteiger charge is 2.14. The summed E-state index contributed by atoms with van der Waals surface area (Å²) < 4.78 is 22.8. The molecule has 0 atom stereocenters. The van der Waals surface area contributed by atoms with Crippen molar-refractivity contribution in [3.63, 3.8) is 0 Å². The van der Waals surface area contributed by atoms with Crippen LogP contribution in [-0.2, 0) is 4.74 Å². The molecule has 90 valence electrons. The van der Waals surface area contributed by atoms with Crippen molar-refractivity contribution < 1.29 is 18.4 Å². The molecule has 0 fully saturated rings. The van der Waals surface area contributed by atoms with Crippen molar-refractivity contribution in [3.8, 4) is 17.4 Å². The Morgan fingerprint density at radius 2 is 2.28 bits per heavy atom. The number of nitrogens with zero attached hydrogens (tertiary/aromatic N) is 2. The molecule has 1 aromatic heterocycles. The van der Waals surface area contributed by atoms with Crippen molar-refractivity contribution in [2.45, 2.75) is 0 Å². The lowest BCUT2D eigenvalue weighted by Crippen LogP contribution is -2.00. The van der Waals surface area contributed by atoms with Gasteiger partial charge in [0.25, 0.3) is 0 Å². The molecule has 5 nitrogen and oxygen atoms in total. The molecule has 0 aliphatic rings. The van der Waals surface area contributed by atoms with Crippen molar-refractivity contribution >= 4 is 5.97 Å². The Morgan fingerprint density at radius 3 is 2.89 bits per heavy atom. The summed E-state index contributed by atoms with van der Waals surface area (Å²) in [6.07, 6.45) is 0. The summed E-state index contributed by atoms with van der Waals surface area (Å²) in [6.45, 7) is 0. The third kappa shape index (κ3) is 2.06. The first-order valence-corrected chi connectivity index (χ1v) is 4.90. The summed E-state index contributed by atoms with van der Waals surface area (Å²) in [5.74, 6) is -1.08. The lowest BCUT2D eigenvalue weighted by Gasteiger charge is -1.96. The highest BCUT2D eigenvalue weighted by Crippen LogP contribution is 2.22. The first-order valence-electron chi connectivity index (χ1n) is 4.90. The Labute approximate surface area is 101 Å². The SMILES string of the molecule is COC(=O)c1cc(-c2ccc(C#N)c(F)c2)on1. The van der Waals surface area contributed by atoms with E-state index >= 15 is 0 Å². The van der Waals surface area contributed by atoms with Crippen LogP contribution < -0.4 is 0 Å². The summed E-state index contributed by atoms with van der Waals surface area (Å²) >= 11 is 0. The third-order valence-electron chi connectivity index (χ3n) is 2.28.